The van der Waals surface area contributed by atoms with Crippen LogP contribution in [0.1, 0.15) is 62.1 Å². The van der Waals surface area contributed by atoms with Gasteiger partial charge in [0.05, 0.1) is 0 Å². The molecule has 3 aliphatic carbocycles. The van der Waals surface area contributed by atoms with Crippen molar-refractivity contribution in [3.63, 3.8) is 0 Å². The lowest BCUT2D eigenvalue weighted by molar-refractivity contribution is 0.270. The van der Waals surface area contributed by atoms with Crippen molar-refractivity contribution in [3.05, 3.63) is 58.7 Å². The third-order valence-electron chi connectivity index (χ3n) is 6.84. The first kappa shape index (κ1) is 13.8. The van der Waals surface area contributed by atoms with Crippen LogP contribution in [-0.4, -0.2) is 0 Å². The molecule has 3 aliphatic rings. The fourth-order valence-corrected chi connectivity index (χ4v) is 5.84. The first-order valence-corrected chi connectivity index (χ1v) is 9.53. The molecule has 0 N–H and O–H groups in total. The average Bonchev–Trinajstić information content (AvgIpc) is 3.16. The van der Waals surface area contributed by atoms with Crippen LogP contribution in [0.5, 0.6) is 0 Å². The van der Waals surface area contributed by atoms with E-state index in [2.05, 4.69) is 43.3 Å². The van der Waals surface area contributed by atoms with E-state index < -0.39 is 0 Å². The fraction of sp³-hybridized carbons (Fsp3) is 0.478. The molecule has 0 nitrogen and oxygen atoms in total. The zero-order valence-corrected chi connectivity index (χ0v) is 14.2. The Morgan fingerprint density at radius 2 is 2.17 bits per heavy atom. The molecule has 2 aromatic carbocycles. The van der Waals surface area contributed by atoms with E-state index >= 15 is 0 Å². The summed E-state index contributed by atoms with van der Waals surface area (Å²) < 4.78 is 0. The van der Waals surface area contributed by atoms with Gasteiger partial charge in [0.2, 0.25) is 0 Å². The second-order valence-corrected chi connectivity index (χ2v) is 8.08. The monoisotopic (exact) mass is 302 g/mol. The maximum Gasteiger partial charge on any atom is 0.00274 e. The summed E-state index contributed by atoms with van der Waals surface area (Å²) >= 11 is 0. The predicted molar refractivity (Wildman–Crippen MR) is 98.0 cm³/mol. The highest BCUT2D eigenvalue weighted by atomic mass is 14.5. The molecule has 0 aromatic heterocycles. The molecule has 2 bridgehead atoms. The molecule has 2 aromatic rings. The Morgan fingerprint density at radius 3 is 2.96 bits per heavy atom. The van der Waals surface area contributed by atoms with E-state index in [0.717, 1.165) is 5.92 Å². The van der Waals surface area contributed by atoms with Crippen LogP contribution in [0.3, 0.4) is 0 Å². The highest BCUT2D eigenvalue weighted by Crippen LogP contribution is 2.59. The van der Waals surface area contributed by atoms with Crippen LogP contribution in [-0.2, 0) is 18.3 Å². The lowest BCUT2D eigenvalue weighted by Gasteiger charge is -2.42. The molecule has 1 spiro atoms. The summed E-state index contributed by atoms with van der Waals surface area (Å²) in [6.45, 7) is 2.29. The SMILES string of the molecule is CCCc1cccc2cc3c(cc12)CCCC31CC2=CCC1C2. The van der Waals surface area contributed by atoms with Crippen LogP contribution in [0.4, 0.5) is 0 Å². The molecule has 0 saturated heterocycles. The van der Waals surface area contributed by atoms with Crippen LogP contribution in [0.2, 0.25) is 0 Å². The fourth-order valence-electron chi connectivity index (χ4n) is 5.84. The molecule has 2 atom stereocenters. The zero-order chi connectivity index (χ0) is 15.4. The van der Waals surface area contributed by atoms with Gasteiger partial charge in [-0.05, 0) is 78.3 Å². The van der Waals surface area contributed by atoms with E-state index in [9.17, 15) is 0 Å². The van der Waals surface area contributed by atoms with Gasteiger partial charge in [0, 0.05) is 5.41 Å². The number of hydrogen-bond acceptors (Lipinski definition) is 0. The number of hydrogen-bond donors (Lipinski definition) is 0. The van der Waals surface area contributed by atoms with Crippen molar-refractivity contribution in [2.45, 2.75) is 63.7 Å². The second-order valence-electron chi connectivity index (χ2n) is 8.08. The second kappa shape index (κ2) is 4.97. The summed E-state index contributed by atoms with van der Waals surface area (Å²) in [5, 5.41) is 3.00. The van der Waals surface area contributed by atoms with Gasteiger partial charge in [0.1, 0.15) is 0 Å². The molecule has 23 heavy (non-hydrogen) atoms. The van der Waals surface area contributed by atoms with Gasteiger partial charge in [0.25, 0.3) is 0 Å². The highest BCUT2D eigenvalue weighted by Gasteiger charge is 2.49. The van der Waals surface area contributed by atoms with E-state index in [1.165, 1.54) is 62.1 Å². The van der Waals surface area contributed by atoms with Gasteiger partial charge in [-0.15, -0.1) is 0 Å². The summed E-state index contributed by atoms with van der Waals surface area (Å²) in [6.07, 6.45) is 13.1. The van der Waals surface area contributed by atoms with Crippen molar-refractivity contribution in [1.29, 1.82) is 0 Å². The number of rotatable bonds is 2. The van der Waals surface area contributed by atoms with Crippen LogP contribution < -0.4 is 0 Å². The first-order chi connectivity index (χ1) is 11.3. The Morgan fingerprint density at radius 1 is 1.22 bits per heavy atom. The van der Waals surface area contributed by atoms with Gasteiger partial charge in [-0.1, -0.05) is 55.3 Å². The summed E-state index contributed by atoms with van der Waals surface area (Å²) in [5.74, 6) is 0.896. The normalized spacial score (nSPS) is 28.4. The Labute approximate surface area is 139 Å². The van der Waals surface area contributed by atoms with Crippen molar-refractivity contribution in [2.75, 3.05) is 0 Å². The van der Waals surface area contributed by atoms with Gasteiger partial charge in [-0.3, -0.25) is 0 Å². The molecule has 0 radical (unpaired) electrons. The van der Waals surface area contributed by atoms with Crippen molar-refractivity contribution in [3.8, 4) is 0 Å². The van der Waals surface area contributed by atoms with Gasteiger partial charge in [0.15, 0.2) is 0 Å². The Bertz CT molecular complexity index is 810. The molecule has 0 amide bonds. The molecular weight excluding hydrogens is 276 g/mol. The number of benzene rings is 2. The van der Waals surface area contributed by atoms with E-state index in [1.54, 1.807) is 22.3 Å². The quantitative estimate of drug-likeness (QED) is 0.587. The lowest BCUT2D eigenvalue weighted by Crippen LogP contribution is -2.35. The van der Waals surface area contributed by atoms with Crippen LogP contribution in [0, 0.1) is 5.92 Å². The maximum absolute atomic E-state index is 2.59. The molecule has 118 valence electrons. The molecule has 2 unspecified atom stereocenters. The number of allylic oxidation sites excluding steroid dienone is 2. The van der Waals surface area contributed by atoms with Crippen LogP contribution >= 0.6 is 0 Å². The summed E-state index contributed by atoms with van der Waals surface area (Å²) in [6, 6.07) is 12.1. The van der Waals surface area contributed by atoms with E-state index in [1.807, 2.05) is 0 Å². The minimum Gasteiger partial charge on any atom is -0.0850 e. The minimum absolute atomic E-state index is 0.493. The van der Waals surface area contributed by atoms with Gasteiger partial charge >= 0.3 is 0 Å². The Hall–Kier alpha value is -1.56. The van der Waals surface area contributed by atoms with Crippen molar-refractivity contribution in [2.24, 2.45) is 5.92 Å². The zero-order valence-electron chi connectivity index (χ0n) is 14.2. The van der Waals surface area contributed by atoms with Crippen LogP contribution in [0.25, 0.3) is 10.8 Å². The standard InChI is InChI=1S/C23H26/c1-2-5-17-6-3-7-18-14-22-19(13-21(17)18)8-4-11-23(22)15-16-9-10-20(23)12-16/h3,6-7,9,13-14,20H,2,4-5,8,10-12,15H2,1H3. The van der Waals surface area contributed by atoms with Gasteiger partial charge in [-0.2, -0.15) is 0 Å². The van der Waals surface area contributed by atoms with Crippen molar-refractivity contribution in [1.82, 2.24) is 0 Å². The maximum atomic E-state index is 2.59. The number of aryl methyl sites for hydroxylation is 2. The predicted octanol–water partition coefficient (Wildman–Crippen LogP) is 6.11. The van der Waals surface area contributed by atoms with Crippen LogP contribution in [0.15, 0.2) is 42.0 Å². The van der Waals surface area contributed by atoms with Crippen molar-refractivity contribution >= 4 is 10.8 Å². The molecule has 1 fully saturated rings. The summed E-state index contributed by atoms with van der Waals surface area (Å²) in [7, 11) is 0. The molecule has 1 saturated carbocycles. The topological polar surface area (TPSA) is 0 Å². The summed E-state index contributed by atoms with van der Waals surface area (Å²) in [4.78, 5) is 0. The molecule has 0 aliphatic heterocycles. The molecule has 0 heterocycles. The Kier molecular flexibility index (Phi) is 2.99. The largest absolute Gasteiger partial charge is 0.0850 e. The third kappa shape index (κ3) is 1.90. The van der Waals surface area contributed by atoms with Gasteiger partial charge in [-0.25, -0.2) is 0 Å². The molecule has 0 heteroatoms. The summed E-state index contributed by atoms with van der Waals surface area (Å²) in [5.41, 5.74) is 7.18. The lowest BCUT2D eigenvalue weighted by atomic mass is 9.62. The number of fused-ring (bicyclic) bond motifs is 6. The smallest absolute Gasteiger partial charge is 0.00274 e. The molecule has 5 rings (SSSR count). The average molecular weight is 302 g/mol. The Balaban J connectivity index is 1.71. The minimum atomic E-state index is 0.493. The highest BCUT2D eigenvalue weighted by molar-refractivity contribution is 5.88. The van der Waals surface area contributed by atoms with Crippen molar-refractivity contribution < 1.29 is 0 Å². The van der Waals surface area contributed by atoms with E-state index in [0.29, 0.717) is 5.41 Å². The van der Waals surface area contributed by atoms with E-state index in [4.69, 9.17) is 0 Å². The first-order valence-electron chi connectivity index (χ1n) is 9.53. The van der Waals surface area contributed by atoms with E-state index in [-0.39, 0.29) is 0 Å². The van der Waals surface area contributed by atoms with Gasteiger partial charge < -0.3 is 0 Å². The third-order valence-corrected chi connectivity index (χ3v) is 6.84. The molecular formula is C23H26.